The van der Waals surface area contributed by atoms with E-state index in [1.807, 2.05) is 0 Å². The van der Waals surface area contributed by atoms with Crippen molar-refractivity contribution in [2.75, 3.05) is 0 Å². The van der Waals surface area contributed by atoms with Gasteiger partial charge >= 0.3 is 0 Å². The molecule has 5 heavy (non-hydrogen) atoms. The molecule has 3 heteroatoms. The standard InChI is InChI=1S/C2H5N.2ClH/c1-2-3;;/h2-3H,1H3;2*1H. The van der Waals surface area contributed by atoms with Gasteiger partial charge in [-0.05, 0) is 13.1 Å². The molecule has 0 amide bonds. The molecule has 0 aromatic carbocycles. The highest BCUT2D eigenvalue weighted by Gasteiger charge is 1.17. The van der Waals surface area contributed by atoms with E-state index >= 15 is 0 Å². The zero-order valence-corrected chi connectivity index (χ0v) is 4.53. The Hall–Kier alpha value is 0.250. The molecule has 0 aliphatic rings. The van der Waals surface area contributed by atoms with Gasteiger partial charge < -0.3 is 5.41 Å². The highest BCUT2D eigenvalue weighted by molar-refractivity contribution is 5.85. The van der Waals surface area contributed by atoms with Crippen LogP contribution >= 0.6 is 24.8 Å². The van der Waals surface area contributed by atoms with E-state index in [1.165, 1.54) is 6.21 Å². The van der Waals surface area contributed by atoms with Crippen molar-refractivity contribution in [2.45, 2.75) is 6.92 Å². The van der Waals surface area contributed by atoms with E-state index in [-0.39, 0.29) is 24.8 Å². The summed E-state index contributed by atoms with van der Waals surface area (Å²) in [4.78, 5) is 0. The van der Waals surface area contributed by atoms with Crippen molar-refractivity contribution >= 4 is 31.0 Å². The molecule has 0 saturated heterocycles. The molecule has 1 nitrogen and oxygen atoms in total. The summed E-state index contributed by atoms with van der Waals surface area (Å²) in [6.45, 7) is 1.67. The first-order valence-corrected chi connectivity index (χ1v) is 0.866. The van der Waals surface area contributed by atoms with Gasteiger partial charge in [0.25, 0.3) is 0 Å². The van der Waals surface area contributed by atoms with E-state index < -0.39 is 0 Å². The lowest BCUT2D eigenvalue weighted by Gasteiger charge is -1.30. The van der Waals surface area contributed by atoms with Crippen molar-refractivity contribution in [3.8, 4) is 0 Å². The third-order valence-corrected chi connectivity index (χ3v) is 0. The highest BCUT2D eigenvalue weighted by atomic mass is 35.5. The van der Waals surface area contributed by atoms with Gasteiger partial charge in [0, 0.05) is 0 Å². The molecule has 0 bridgehead atoms. The molecule has 0 aromatic rings. The van der Waals surface area contributed by atoms with Crippen LogP contribution in [0.5, 0.6) is 0 Å². The van der Waals surface area contributed by atoms with Gasteiger partial charge in [-0.15, -0.1) is 24.8 Å². The molecule has 0 heterocycles. The normalized spacial score (nSPS) is 2.60. The molecule has 0 rings (SSSR count). The Balaban J connectivity index is -0.0000000200. The second-order valence-corrected chi connectivity index (χ2v) is 0.289. The van der Waals surface area contributed by atoms with Crippen LogP contribution in [-0.4, -0.2) is 6.21 Å². The Labute approximate surface area is 44.1 Å². The van der Waals surface area contributed by atoms with Crippen LogP contribution in [0.2, 0.25) is 0 Å². The van der Waals surface area contributed by atoms with Gasteiger partial charge in [0.15, 0.2) is 0 Å². The highest BCUT2D eigenvalue weighted by Crippen LogP contribution is 1.17. The van der Waals surface area contributed by atoms with Gasteiger partial charge in [0.05, 0.1) is 0 Å². The molecule has 0 spiro atoms. The summed E-state index contributed by atoms with van der Waals surface area (Å²) < 4.78 is 0. The molecule has 34 valence electrons. The van der Waals surface area contributed by atoms with Crippen LogP contribution in [0.3, 0.4) is 0 Å². The van der Waals surface area contributed by atoms with Gasteiger partial charge in [-0.3, -0.25) is 0 Å². The monoisotopic (exact) mass is 115 g/mol. The average Bonchev–Trinajstić information content (AvgIpc) is 0.918. The lowest BCUT2D eigenvalue weighted by Crippen LogP contribution is -1.32. The predicted molar refractivity (Wildman–Crippen MR) is 29.0 cm³/mol. The molecular formula is C2H7Cl2N. The molecule has 0 unspecified atom stereocenters. The Morgan fingerprint density at radius 3 is 1.40 bits per heavy atom. The molecule has 0 radical (unpaired) electrons. The smallest absolute Gasteiger partial charge is 0.00788 e. The summed E-state index contributed by atoms with van der Waals surface area (Å²) in [7, 11) is 0. The fourth-order valence-corrected chi connectivity index (χ4v) is 0. The van der Waals surface area contributed by atoms with Crippen molar-refractivity contribution in [1.29, 1.82) is 5.41 Å². The molecule has 0 aliphatic carbocycles. The maximum atomic E-state index is 6.08. The maximum absolute atomic E-state index is 6.08. The molecule has 0 saturated carbocycles. The van der Waals surface area contributed by atoms with Crippen molar-refractivity contribution in [3.63, 3.8) is 0 Å². The summed E-state index contributed by atoms with van der Waals surface area (Å²) in [5.74, 6) is 0. The first kappa shape index (κ1) is 18.7. The Kier molecular flexibility index (Phi) is 108. The minimum absolute atomic E-state index is 0. The van der Waals surface area contributed by atoms with E-state index in [0.29, 0.717) is 0 Å². The third kappa shape index (κ3) is 344. The molecule has 0 aromatic heterocycles. The van der Waals surface area contributed by atoms with Crippen molar-refractivity contribution < 1.29 is 0 Å². The molecule has 0 fully saturated rings. The lowest BCUT2D eigenvalue weighted by atomic mass is 10.9. The molecule has 0 aliphatic heterocycles. The van der Waals surface area contributed by atoms with Gasteiger partial charge in [-0.1, -0.05) is 0 Å². The van der Waals surface area contributed by atoms with Crippen LogP contribution in [-0.2, 0) is 0 Å². The maximum Gasteiger partial charge on any atom is -0.00788 e. The van der Waals surface area contributed by atoms with Crippen LogP contribution in [0.1, 0.15) is 6.92 Å². The quantitative estimate of drug-likeness (QED) is 0.463. The number of nitrogens with one attached hydrogen (secondary N) is 1. The van der Waals surface area contributed by atoms with E-state index in [4.69, 9.17) is 5.41 Å². The number of hydrogen-bond acceptors (Lipinski definition) is 1. The minimum Gasteiger partial charge on any atom is -0.313 e. The topological polar surface area (TPSA) is 23.9 Å². The summed E-state index contributed by atoms with van der Waals surface area (Å²) in [5.41, 5.74) is 0. The van der Waals surface area contributed by atoms with Gasteiger partial charge in [-0.2, -0.15) is 0 Å². The predicted octanol–water partition coefficient (Wildman–Crippen LogP) is 1.50. The van der Waals surface area contributed by atoms with Crippen LogP contribution in [0.25, 0.3) is 0 Å². The first-order valence-electron chi connectivity index (χ1n) is 0.866. The number of rotatable bonds is 0. The van der Waals surface area contributed by atoms with Gasteiger partial charge in [0.1, 0.15) is 0 Å². The Morgan fingerprint density at radius 1 is 1.40 bits per heavy atom. The largest absolute Gasteiger partial charge is 0.313 e. The van der Waals surface area contributed by atoms with Crippen molar-refractivity contribution in [3.05, 3.63) is 0 Å². The van der Waals surface area contributed by atoms with E-state index in [0.717, 1.165) is 0 Å². The summed E-state index contributed by atoms with van der Waals surface area (Å²) in [6.07, 6.45) is 1.25. The summed E-state index contributed by atoms with van der Waals surface area (Å²) in [6, 6.07) is 0. The molecule has 0 atom stereocenters. The Bertz CT molecular complexity index is 15.1. The average molecular weight is 116 g/mol. The van der Waals surface area contributed by atoms with Crippen LogP contribution in [0.15, 0.2) is 0 Å². The van der Waals surface area contributed by atoms with E-state index in [2.05, 4.69) is 0 Å². The Morgan fingerprint density at radius 2 is 1.40 bits per heavy atom. The number of hydrogen-bond donors (Lipinski definition) is 1. The summed E-state index contributed by atoms with van der Waals surface area (Å²) in [5, 5.41) is 6.08. The second kappa shape index (κ2) is 28.7. The van der Waals surface area contributed by atoms with E-state index in [1.54, 1.807) is 6.92 Å². The van der Waals surface area contributed by atoms with Gasteiger partial charge in [-0.25, -0.2) is 0 Å². The fraction of sp³-hybridized carbons (Fsp3) is 0.500. The zero-order valence-electron chi connectivity index (χ0n) is 2.89. The molecular weight excluding hydrogens is 109 g/mol. The van der Waals surface area contributed by atoms with E-state index in [9.17, 15) is 0 Å². The van der Waals surface area contributed by atoms with Crippen molar-refractivity contribution in [1.82, 2.24) is 0 Å². The first-order chi connectivity index (χ1) is 1.41. The molecule has 1 N–H and O–H groups in total. The van der Waals surface area contributed by atoms with Crippen LogP contribution in [0, 0.1) is 5.41 Å². The summed E-state index contributed by atoms with van der Waals surface area (Å²) >= 11 is 0. The minimum atomic E-state index is 0. The van der Waals surface area contributed by atoms with Crippen molar-refractivity contribution in [2.24, 2.45) is 0 Å². The zero-order chi connectivity index (χ0) is 2.71. The number of halogens is 2. The van der Waals surface area contributed by atoms with Gasteiger partial charge in [0.2, 0.25) is 0 Å². The second-order valence-electron chi connectivity index (χ2n) is 0.289. The fourth-order valence-electron chi connectivity index (χ4n) is 0. The van der Waals surface area contributed by atoms with Crippen LogP contribution < -0.4 is 0 Å². The SMILES string of the molecule is CC=N.Cl.Cl. The third-order valence-electron chi connectivity index (χ3n) is 0. The lowest BCUT2D eigenvalue weighted by molar-refractivity contribution is 1.55. The van der Waals surface area contributed by atoms with Crippen LogP contribution in [0.4, 0.5) is 0 Å².